The third-order valence-corrected chi connectivity index (χ3v) is 3.33. The summed E-state index contributed by atoms with van der Waals surface area (Å²) in [5.41, 5.74) is 0.606. The van der Waals surface area contributed by atoms with Crippen molar-refractivity contribution in [1.29, 1.82) is 5.26 Å². The lowest BCUT2D eigenvalue weighted by atomic mass is 10.1. The zero-order chi connectivity index (χ0) is 11.5. The van der Waals surface area contributed by atoms with Crippen molar-refractivity contribution in [2.45, 2.75) is 0 Å². The minimum absolute atomic E-state index is 0.271. The zero-order valence-electron chi connectivity index (χ0n) is 8.18. The topological polar surface area (TPSA) is 61.1 Å². The Morgan fingerprint density at radius 1 is 1.44 bits per heavy atom. The van der Waals surface area contributed by atoms with E-state index in [-0.39, 0.29) is 4.88 Å². The highest BCUT2D eigenvalue weighted by atomic mass is 32.1. The maximum Gasteiger partial charge on any atom is 0.346 e. The molecule has 4 heteroatoms. The van der Waals surface area contributed by atoms with Gasteiger partial charge in [-0.15, -0.1) is 11.3 Å². The fraction of sp³-hybridized carbons (Fsp3) is 0. The molecule has 0 atom stereocenters. The van der Waals surface area contributed by atoms with Gasteiger partial charge in [-0.25, -0.2) is 4.79 Å². The largest absolute Gasteiger partial charge is 0.477 e. The van der Waals surface area contributed by atoms with Gasteiger partial charge in [0.15, 0.2) is 0 Å². The van der Waals surface area contributed by atoms with Crippen LogP contribution in [0.3, 0.4) is 0 Å². The maximum atomic E-state index is 11.0. The number of thiophene rings is 1. The van der Waals surface area contributed by atoms with Crippen molar-refractivity contribution < 1.29 is 9.90 Å². The first-order chi connectivity index (χ1) is 7.74. The van der Waals surface area contributed by atoms with Crippen LogP contribution in [0.15, 0.2) is 30.3 Å². The average molecular weight is 229 g/mol. The molecule has 0 aliphatic rings. The van der Waals surface area contributed by atoms with Gasteiger partial charge in [0.05, 0.1) is 6.07 Å². The lowest BCUT2D eigenvalue weighted by Gasteiger charge is -1.92. The van der Waals surface area contributed by atoms with Crippen LogP contribution in [0.2, 0.25) is 0 Å². The van der Waals surface area contributed by atoms with E-state index in [1.54, 1.807) is 6.08 Å². The van der Waals surface area contributed by atoms with Gasteiger partial charge in [0, 0.05) is 21.7 Å². The van der Waals surface area contributed by atoms with E-state index in [2.05, 4.69) is 0 Å². The number of hydrogen-bond donors (Lipinski definition) is 1. The lowest BCUT2D eigenvalue weighted by molar-refractivity contribution is 0.0702. The molecule has 2 rings (SSSR count). The molecule has 78 valence electrons. The van der Waals surface area contributed by atoms with Crippen LogP contribution < -0.4 is 0 Å². The molecular weight excluding hydrogens is 222 g/mol. The van der Waals surface area contributed by atoms with Crippen LogP contribution >= 0.6 is 11.3 Å². The molecule has 1 N–H and O–H groups in total. The van der Waals surface area contributed by atoms with Crippen molar-refractivity contribution in [3.63, 3.8) is 0 Å². The molecule has 2 aromatic rings. The van der Waals surface area contributed by atoms with Crippen molar-refractivity contribution in [3.05, 3.63) is 40.8 Å². The molecule has 3 nitrogen and oxygen atoms in total. The van der Waals surface area contributed by atoms with Crippen molar-refractivity contribution in [2.75, 3.05) is 0 Å². The summed E-state index contributed by atoms with van der Waals surface area (Å²) in [5.74, 6) is -0.959. The standard InChI is InChI=1S/C12H7NO2S/c13-7-3-5-9-8-4-1-2-6-10(8)16-11(9)12(14)15/h1-6H,(H,14,15)/b5-3+. The van der Waals surface area contributed by atoms with E-state index in [0.29, 0.717) is 5.56 Å². The summed E-state index contributed by atoms with van der Waals surface area (Å²) in [6, 6.07) is 9.31. The summed E-state index contributed by atoms with van der Waals surface area (Å²) in [6.45, 7) is 0. The average Bonchev–Trinajstić information content (AvgIpc) is 2.65. The number of carboxylic acids is 1. The summed E-state index contributed by atoms with van der Waals surface area (Å²) in [5, 5.41) is 18.4. The lowest BCUT2D eigenvalue weighted by Crippen LogP contribution is -1.93. The van der Waals surface area contributed by atoms with Gasteiger partial charge in [-0.2, -0.15) is 5.26 Å². The van der Waals surface area contributed by atoms with E-state index >= 15 is 0 Å². The Labute approximate surface area is 95.9 Å². The number of carbonyl (C=O) groups is 1. The summed E-state index contributed by atoms with van der Waals surface area (Å²) in [4.78, 5) is 11.3. The van der Waals surface area contributed by atoms with E-state index in [0.717, 1.165) is 10.1 Å². The van der Waals surface area contributed by atoms with E-state index in [1.807, 2.05) is 30.3 Å². The number of rotatable bonds is 2. The minimum atomic E-state index is -0.959. The van der Waals surface area contributed by atoms with E-state index < -0.39 is 5.97 Å². The molecule has 0 aliphatic carbocycles. The summed E-state index contributed by atoms with van der Waals surface area (Å²) >= 11 is 1.22. The first-order valence-electron chi connectivity index (χ1n) is 4.55. The first-order valence-corrected chi connectivity index (χ1v) is 5.36. The minimum Gasteiger partial charge on any atom is -0.477 e. The second-order valence-electron chi connectivity index (χ2n) is 3.11. The molecule has 0 bridgehead atoms. The van der Waals surface area contributed by atoms with E-state index in [4.69, 9.17) is 10.4 Å². The third kappa shape index (κ3) is 1.69. The van der Waals surface area contributed by atoms with Crippen LogP contribution in [0.25, 0.3) is 16.2 Å². The monoisotopic (exact) mass is 229 g/mol. The Kier molecular flexibility index (Phi) is 2.71. The number of nitriles is 1. The number of benzene rings is 1. The highest BCUT2D eigenvalue weighted by Crippen LogP contribution is 2.32. The molecule has 0 aliphatic heterocycles. The normalized spacial score (nSPS) is 10.7. The Morgan fingerprint density at radius 3 is 2.88 bits per heavy atom. The van der Waals surface area contributed by atoms with Crippen LogP contribution in [-0.4, -0.2) is 11.1 Å². The number of aromatic carboxylic acids is 1. The number of carboxylic acid groups (broad SMARTS) is 1. The van der Waals surface area contributed by atoms with Gasteiger partial charge in [0.25, 0.3) is 0 Å². The third-order valence-electron chi connectivity index (χ3n) is 2.15. The molecule has 0 saturated heterocycles. The number of fused-ring (bicyclic) bond motifs is 1. The molecule has 0 fully saturated rings. The van der Waals surface area contributed by atoms with Crippen LogP contribution in [0.4, 0.5) is 0 Å². The van der Waals surface area contributed by atoms with Gasteiger partial charge in [0.2, 0.25) is 0 Å². The molecular formula is C12H7NO2S. The molecule has 0 unspecified atom stereocenters. The molecule has 0 saturated carbocycles. The van der Waals surface area contributed by atoms with Crippen LogP contribution in [0.1, 0.15) is 15.2 Å². The van der Waals surface area contributed by atoms with Gasteiger partial charge in [-0.3, -0.25) is 0 Å². The Hall–Kier alpha value is -2.12. The van der Waals surface area contributed by atoms with Gasteiger partial charge < -0.3 is 5.11 Å². The SMILES string of the molecule is N#C/C=C/c1c(C(=O)O)sc2ccccc12. The van der Waals surface area contributed by atoms with Crippen molar-refractivity contribution in [3.8, 4) is 6.07 Å². The predicted octanol–water partition coefficient (Wildman–Crippen LogP) is 3.14. The van der Waals surface area contributed by atoms with Gasteiger partial charge in [-0.05, 0) is 12.1 Å². The first kappa shape index (κ1) is 10.4. The maximum absolute atomic E-state index is 11.0. The van der Waals surface area contributed by atoms with E-state index in [1.165, 1.54) is 17.4 Å². The fourth-order valence-electron chi connectivity index (χ4n) is 1.51. The zero-order valence-corrected chi connectivity index (χ0v) is 8.99. The highest BCUT2D eigenvalue weighted by molar-refractivity contribution is 7.21. The Morgan fingerprint density at radius 2 is 2.19 bits per heavy atom. The molecule has 1 aromatic heterocycles. The number of allylic oxidation sites excluding steroid dienone is 1. The predicted molar refractivity (Wildman–Crippen MR) is 63.4 cm³/mol. The molecule has 0 spiro atoms. The summed E-state index contributed by atoms with van der Waals surface area (Å²) in [7, 11) is 0. The highest BCUT2D eigenvalue weighted by Gasteiger charge is 2.14. The second kappa shape index (κ2) is 4.17. The van der Waals surface area contributed by atoms with Crippen LogP contribution in [0.5, 0.6) is 0 Å². The van der Waals surface area contributed by atoms with Gasteiger partial charge in [-0.1, -0.05) is 18.2 Å². The molecule has 1 heterocycles. The van der Waals surface area contributed by atoms with Crippen LogP contribution in [0, 0.1) is 11.3 Å². The fourth-order valence-corrected chi connectivity index (χ4v) is 2.54. The summed E-state index contributed by atoms with van der Waals surface area (Å²) in [6.07, 6.45) is 2.84. The molecule has 16 heavy (non-hydrogen) atoms. The van der Waals surface area contributed by atoms with Gasteiger partial charge >= 0.3 is 5.97 Å². The van der Waals surface area contributed by atoms with Crippen LogP contribution in [-0.2, 0) is 0 Å². The smallest absolute Gasteiger partial charge is 0.346 e. The number of hydrogen-bond acceptors (Lipinski definition) is 3. The second-order valence-corrected chi connectivity index (χ2v) is 4.16. The van der Waals surface area contributed by atoms with Gasteiger partial charge in [0.1, 0.15) is 4.88 Å². The number of nitrogens with zero attached hydrogens (tertiary/aromatic N) is 1. The molecule has 1 aromatic carbocycles. The van der Waals surface area contributed by atoms with Crippen molar-refractivity contribution in [2.24, 2.45) is 0 Å². The quantitative estimate of drug-likeness (QED) is 0.805. The summed E-state index contributed by atoms with van der Waals surface area (Å²) < 4.78 is 0.914. The Bertz CT molecular complexity index is 619. The van der Waals surface area contributed by atoms with Crippen molar-refractivity contribution >= 4 is 33.5 Å². The van der Waals surface area contributed by atoms with Crippen molar-refractivity contribution in [1.82, 2.24) is 0 Å². The van der Waals surface area contributed by atoms with E-state index in [9.17, 15) is 4.79 Å². The molecule has 0 amide bonds. The molecule has 0 radical (unpaired) electrons. The Balaban J connectivity index is 2.75.